The van der Waals surface area contributed by atoms with Gasteiger partial charge < -0.3 is 4.74 Å². The van der Waals surface area contributed by atoms with Crippen LogP contribution in [0.25, 0.3) is 21.7 Å². The van der Waals surface area contributed by atoms with Crippen LogP contribution in [0, 0.1) is 0 Å². The summed E-state index contributed by atoms with van der Waals surface area (Å²) in [7, 11) is -2.52. The molecule has 0 unspecified atom stereocenters. The number of nitrogens with zero attached hydrogens (tertiary/aromatic N) is 2. The lowest BCUT2D eigenvalue weighted by atomic mass is 10.1. The molecule has 0 amide bonds. The first-order valence-corrected chi connectivity index (χ1v) is 11.3. The summed E-state index contributed by atoms with van der Waals surface area (Å²) >= 11 is 0. The average Bonchev–Trinajstić information content (AvgIpc) is 3.23. The Morgan fingerprint density at radius 2 is 1.62 bits per heavy atom. The van der Waals surface area contributed by atoms with Crippen LogP contribution < -0.4 is 4.74 Å². The van der Waals surface area contributed by atoms with Crippen molar-refractivity contribution in [1.82, 2.24) is 8.96 Å². The van der Waals surface area contributed by atoms with Gasteiger partial charge in [0.05, 0.1) is 17.5 Å². The molecule has 0 bridgehead atoms. The van der Waals surface area contributed by atoms with Crippen molar-refractivity contribution in [3.63, 3.8) is 0 Å². The molecule has 0 aliphatic carbocycles. The molecule has 0 atom stereocenters. The maximum Gasteiger partial charge on any atom is 0.268 e. The van der Waals surface area contributed by atoms with Crippen molar-refractivity contribution in [3.8, 4) is 5.75 Å². The zero-order valence-corrected chi connectivity index (χ0v) is 17.9. The summed E-state index contributed by atoms with van der Waals surface area (Å²) in [6.45, 7) is 0. The molecule has 2 aromatic heterocycles. The summed E-state index contributed by atoms with van der Waals surface area (Å²) in [5.74, 6) is 0.0884. The fourth-order valence-corrected chi connectivity index (χ4v) is 5.36. The number of aromatic nitrogens is 2. The number of methoxy groups -OCH3 is 1. The minimum absolute atomic E-state index is 0.0148. The number of fused-ring (bicyclic) bond motifs is 2. The summed E-state index contributed by atoms with van der Waals surface area (Å²) < 4.78 is 33.7. The number of ketones is 1. The van der Waals surface area contributed by atoms with Gasteiger partial charge in [-0.15, -0.1) is 0 Å². The summed E-state index contributed by atoms with van der Waals surface area (Å²) in [6, 6.07) is 23.8. The molecule has 5 rings (SSSR count). The van der Waals surface area contributed by atoms with Crippen LogP contribution in [0.4, 0.5) is 0 Å². The van der Waals surface area contributed by atoms with Crippen LogP contribution in [0.5, 0.6) is 5.75 Å². The number of carbonyl (C=O) groups is 1. The largest absolute Gasteiger partial charge is 0.497 e. The highest BCUT2D eigenvalue weighted by atomic mass is 32.2. The zero-order chi connectivity index (χ0) is 22.3. The third kappa shape index (κ3) is 3.14. The first-order chi connectivity index (χ1) is 15.5. The summed E-state index contributed by atoms with van der Waals surface area (Å²) in [4.78, 5) is 18.1. The summed E-state index contributed by atoms with van der Waals surface area (Å²) in [5, 5.41) is 2.08. The third-order valence-corrected chi connectivity index (χ3v) is 7.11. The predicted octanol–water partition coefficient (Wildman–Crippen LogP) is 4.67. The maximum atomic E-state index is 13.7. The van der Waals surface area contributed by atoms with Crippen LogP contribution in [0.1, 0.15) is 16.2 Å². The lowest BCUT2D eigenvalue weighted by Crippen LogP contribution is -2.19. The van der Waals surface area contributed by atoms with Gasteiger partial charge in [-0.05, 0) is 47.9 Å². The first-order valence-electron chi connectivity index (χ1n) is 9.89. The van der Waals surface area contributed by atoms with Crippen molar-refractivity contribution in [2.75, 3.05) is 7.11 Å². The van der Waals surface area contributed by atoms with Crippen molar-refractivity contribution in [1.29, 1.82) is 0 Å². The zero-order valence-electron chi connectivity index (χ0n) is 17.1. The van der Waals surface area contributed by atoms with Gasteiger partial charge in [-0.2, -0.15) is 0 Å². The van der Waals surface area contributed by atoms with Crippen LogP contribution in [-0.2, 0) is 10.0 Å². The molecule has 0 spiro atoms. The smallest absolute Gasteiger partial charge is 0.268 e. The maximum absolute atomic E-state index is 13.7. The molecule has 0 saturated heterocycles. The Bertz CT molecular complexity index is 1580. The normalized spacial score (nSPS) is 11.7. The van der Waals surface area contributed by atoms with E-state index in [0.717, 1.165) is 9.36 Å². The number of carbonyl (C=O) groups excluding carboxylic acids is 1. The molecule has 0 radical (unpaired) electrons. The van der Waals surface area contributed by atoms with Gasteiger partial charge in [-0.1, -0.05) is 42.5 Å². The Kier molecular flexibility index (Phi) is 4.75. The van der Waals surface area contributed by atoms with Crippen LogP contribution in [0.3, 0.4) is 0 Å². The second-order valence-electron chi connectivity index (χ2n) is 7.25. The van der Waals surface area contributed by atoms with Crippen molar-refractivity contribution in [3.05, 3.63) is 103 Å². The molecule has 158 valence electrons. The van der Waals surface area contributed by atoms with Gasteiger partial charge in [0.1, 0.15) is 17.1 Å². The molecule has 6 nitrogen and oxygen atoms in total. The van der Waals surface area contributed by atoms with Crippen LogP contribution in [-0.4, -0.2) is 30.3 Å². The lowest BCUT2D eigenvalue weighted by molar-refractivity contribution is 0.103. The van der Waals surface area contributed by atoms with Crippen LogP contribution >= 0.6 is 0 Å². The summed E-state index contributed by atoms with van der Waals surface area (Å²) in [6.07, 6.45) is 1.55. The number of rotatable bonds is 5. The molecular formula is C25H18N2O4S. The van der Waals surface area contributed by atoms with E-state index in [2.05, 4.69) is 4.98 Å². The molecule has 5 aromatic rings. The van der Waals surface area contributed by atoms with Gasteiger partial charge in [-0.3, -0.25) is 9.78 Å². The molecule has 0 fully saturated rings. The first kappa shape index (κ1) is 20.0. The topological polar surface area (TPSA) is 78.3 Å². The summed E-state index contributed by atoms with van der Waals surface area (Å²) in [5.41, 5.74) is 0.599. The number of hydrogen-bond acceptors (Lipinski definition) is 5. The Morgan fingerprint density at radius 1 is 0.875 bits per heavy atom. The Morgan fingerprint density at radius 3 is 2.41 bits per heavy atom. The fraction of sp³-hybridized carbons (Fsp3) is 0.0400. The van der Waals surface area contributed by atoms with E-state index in [9.17, 15) is 13.2 Å². The number of benzene rings is 3. The second kappa shape index (κ2) is 7.62. The van der Waals surface area contributed by atoms with Gasteiger partial charge >= 0.3 is 0 Å². The molecule has 32 heavy (non-hydrogen) atoms. The quantitative estimate of drug-likeness (QED) is 0.370. The van der Waals surface area contributed by atoms with Crippen molar-refractivity contribution < 1.29 is 17.9 Å². The molecule has 3 aromatic carbocycles. The van der Waals surface area contributed by atoms with E-state index in [4.69, 9.17) is 4.74 Å². The van der Waals surface area contributed by atoms with E-state index in [-0.39, 0.29) is 16.3 Å². The number of pyridine rings is 1. The van der Waals surface area contributed by atoms with Crippen molar-refractivity contribution in [2.45, 2.75) is 4.90 Å². The van der Waals surface area contributed by atoms with Crippen molar-refractivity contribution >= 4 is 37.5 Å². The lowest BCUT2D eigenvalue weighted by Gasteiger charge is -2.12. The molecule has 0 aliphatic rings. The van der Waals surface area contributed by atoms with E-state index < -0.39 is 15.8 Å². The van der Waals surface area contributed by atoms with Crippen LogP contribution in [0.15, 0.2) is 96.0 Å². The minimum atomic E-state index is -4.05. The Labute approximate surface area is 184 Å². The highest BCUT2D eigenvalue weighted by Gasteiger charge is 2.28. The van der Waals surface area contributed by atoms with E-state index in [1.807, 2.05) is 24.3 Å². The highest BCUT2D eigenvalue weighted by molar-refractivity contribution is 7.90. The average molecular weight is 442 g/mol. The third-order valence-electron chi connectivity index (χ3n) is 5.37. The molecule has 0 aliphatic heterocycles. The molecular weight excluding hydrogens is 424 g/mol. The molecule has 0 N–H and O–H groups in total. The number of ether oxygens (including phenoxy) is 1. The molecule has 0 saturated carbocycles. The SMILES string of the molecule is COc1ccc2c(c1)cc(C(=O)c1nccc3ccccc13)n2S(=O)(=O)c1ccccc1. The van der Waals surface area contributed by atoms with E-state index in [1.54, 1.807) is 54.7 Å². The second-order valence-corrected chi connectivity index (χ2v) is 9.03. The molecule has 2 heterocycles. The predicted molar refractivity (Wildman–Crippen MR) is 123 cm³/mol. The van der Waals surface area contributed by atoms with E-state index >= 15 is 0 Å². The van der Waals surface area contributed by atoms with Crippen LogP contribution in [0.2, 0.25) is 0 Å². The van der Waals surface area contributed by atoms with E-state index in [1.165, 1.54) is 19.2 Å². The standard InChI is InChI=1S/C25H18N2O4S/c1-31-19-11-12-22-18(15-19)16-23(27(22)32(29,30)20-8-3-2-4-9-20)25(28)24-21-10-6-5-7-17(21)13-14-26-24/h2-16H,1H3. The highest BCUT2D eigenvalue weighted by Crippen LogP contribution is 2.30. The fourth-order valence-electron chi connectivity index (χ4n) is 3.83. The van der Waals surface area contributed by atoms with Gasteiger partial charge in [0.15, 0.2) is 0 Å². The Balaban J connectivity index is 1.81. The van der Waals surface area contributed by atoms with Gasteiger partial charge in [0.25, 0.3) is 10.0 Å². The van der Waals surface area contributed by atoms with Gasteiger partial charge in [0, 0.05) is 17.0 Å². The molecule has 7 heteroatoms. The van der Waals surface area contributed by atoms with Gasteiger partial charge in [-0.25, -0.2) is 12.4 Å². The monoisotopic (exact) mass is 442 g/mol. The van der Waals surface area contributed by atoms with Gasteiger partial charge in [0.2, 0.25) is 5.78 Å². The number of hydrogen-bond donors (Lipinski definition) is 0. The Hall–Kier alpha value is -3.97. The van der Waals surface area contributed by atoms with Crippen molar-refractivity contribution in [2.24, 2.45) is 0 Å². The minimum Gasteiger partial charge on any atom is -0.497 e. The van der Waals surface area contributed by atoms with E-state index in [0.29, 0.717) is 22.0 Å².